The van der Waals surface area contributed by atoms with E-state index in [4.69, 9.17) is 0 Å². The number of rotatable bonds is 9. The zero-order chi connectivity index (χ0) is 21.2. The van der Waals surface area contributed by atoms with E-state index in [0.29, 0.717) is 12.0 Å². The molecule has 3 rings (SSSR count). The van der Waals surface area contributed by atoms with Crippen molar-refractivity contribution >= 4 is 20.0 Å². The summed E-state index contributed by atoms with van der Waals surface area (Å²) >= 11 is 0. The van der Waals surface area contributed by atoms with Crippen molar-refractivity contribution in [2.75, 3.05) is 0 Å². The number of benzene rings is 2. The number of halogens is 1. The summed E-state index contributed by atoms with van der Waals surface area (Å²) in [6.07, 6.45) is 2.08. The molecule has 0 radical (unpaired) electrons. The van der Waals surface area contributed by atoms with E-state index in [2.05, 4.69) is 4.72 Å². The molecule has 1 N–H and O–H groups in total. The minimum atomic E-state index is -3.89. The molecule has 2 aromatic rings. The van der Waals surface area contributed by atoms with E-state index in [1.807, 2.05) is 6.92 Å². The highest BCUT2D eigenvalue weighted by Crippen LogP contribution is 2.34. The molecule has 1 unspecified atom stereocenters. The van der Waals surface area contributed by atoms with Gasteiger partial charge in [0.25, 0.3) is 0 Å². The predicted octanol–water partition coefficient (Wildman–Crippen LogP) is 3.26. The second kappa shape index (κ2) is 8.51. The van der Waals surface area contributed by atoms with Gasteiger partial charge in [-0.2, -0.15) is 4.31 Å². The Morgan fingerprint density at radius 1 is 1.03 bits per heavy atom. The van der Waals surface area contributed by atoms with Crippen molar-refractivity contribution in [3.05, 3.63) is 59.9 Å². The molecule has 9 heteroatoms. The van der Waals surface area contributed by atoms with Gasteiger partial charge in [0.15, 0.2) is 0 Å². The monoisotopic (exact) mass is 440 g/mol. The first-order valence-electron chi connectivity index (χ1n) is 9.53. The first-order chi connectivity index (χ1) is 13.6. The lowest BCUT2D eigenvalue weighted by Gasteiger charge is -2.22. The number of sulfonamides is 2. The van der Waals surface area contributed by atoms with Crippen molar-refractivity contribution in [3.8, 4) is 0 Å². The van der Waals surface area contributed by atoms with Gasteiger partial charge in [0.2, 0.25) is 20.0 Å². The first kappa shape index (κ1) is 21.9. The molecular weight excluding hydrogens is 415 g/mol. The van der Waals surface area contributed by atoms with Crippen LogP contribution in [0.4, 0.5) is 4.39 Å². The van der Waals surface area contributed by atoms with Crippen LogP contribution in [0, 0.1) is 5.82 Å². The fourth-order valence-electron chi connectivity index (χ4n) is 2.91. The van der Waals surface area contributed by atoms with Gasteiger partial charge in [0.05, 0.1) is 9.79 Å². The first-order valence-corrected chi connectivity index (χ1v) is 12.4. The van der Waals surface area contributed by atoms with Gasteiger partial charge in [0.1, 0.15) is 5.82 Å². The van der Waals surface area contributed by atoms with Gasteiger partial charge in [0, 0.05) is 24.2 Å². The second-order valence-electron chi connectivity index (χ2n) is 7.27. The Hall–Kier alpha value is -1.81. The topological polar surface area (TPSA) is 83.5 Å². The van der Waals surface area contributed by atoms with E-state index in [1.54, 1.807) is 25.1 Å². The fourth-order valence-corrected chi connectivity index (χ4v) is 5.90. The average molecular weight is 441 g/mol. The summed E-state index contributed by atoms with van der Waals surface area (Å²) in [7, 11) is -7.61. The van der Waals surface area contributed by atoms with Crippen LogP contribution in [0.5, 0.6) is 0 Å². The molecule has 2 aromatic carbocycles. The lowest BCUT2D eigenvalue weighted by Crippen LogP contribution is -2.33. The molecule has 1 saturated carbocycles. The molecule has 6 nitrogen and oxygen atoms in total. The second-order valence-corrected chi connectivity index (χ2v) is 10.9. The molecule has 0 bridgehead atoms. The highest BCUT2D eigenvalue weighted by atomic mass is 32.2. The standard InChI is InChI=1S/C20H25FN2O4S2/c1-3-15(2)22-28(24,25)18-10-12-19(13-11-18)29(26,27)23(17-8-9-17)14-16-6-4-5-7-20(16)21/h4-7,10-13,15,17,22H,3,8-9,14H2,1-2H3. The van der Waals surface area contributed by atoms with Gasteiger partial charge in [-0.15, -0.1) is 0 Å². The Morgan fingerprint density at radius 3 is 2.17 bits per heavy atom. The zero-order valence-electron chi connectivity index (χ0n) is 16.4. The number of nitrogens with zero attached hydrogens (tertiary/aromatic N) is 1. The van der Waals surface area contributed by atoms with Crippen molar-refractivity contribution in [1.82, 2.24) is 9.03 Å². The third kappa shape index (κ3) is 5.03. The summed E-state index contributed by atoms with van der Waals surface area (Å²) in [5, 5.41) is 0. The molecule has 1 atom stereocenters. The van der Waals surface area contributed by atoms with E-state index >= 15 is 0 Å². The maximum atomic E-state index is 14.0. The summed E-state index contributed by atoms with van der Waals surface area (Å²) < 4.78 is 69.0. The van der Waals surface area contributed by atoms with Gasteiger partial charge in [-0.1, -0.05) is 25.1 Å². The summed E-state index contributed by atoms with van der Waals surface area (Å²) in [5.74, 6) is -0.453. The molecule has 0 saturated heterocycles. The van der Waals surface area contributed by atoms with Crippen LogP contribution in [0.2, 0.25) is 0 Å². The number of hydrogen-bond donors (Lipinski definition) is 1. The van der Waals surface area contributed by atoms with Crippen molar-refractivity contribution < 1.29 is 21.2 Å². The Balaban J connectivity index is 1.87. The van der Waals surface area contributed by atoms with Crippen LogP contribution in [0.25, 0.3) is 0 Å². The quantitative estimate of drug-likeness (QED) is 0.649. The minimum absolute atomic E-state index is 0.00354. The highest BCUT2D eigenvalue weighted by Gasteiger charge is 2.38. The summed E-state index contributed by atoms with van der Waals surface area (Å²) in [4.78, 5) is -0.00736. The minimum Gasteiger partial charge on any atom is -0.208 e. The molecule has 0 spiro atoms. The Bertz CT molecular complexity index is 1070. The van der Waals surface area contributed by atoms with Crippen molar-refractivity contribution in [2.45, 2.75) is 61.5 Å². The molecule has 1 aliphatic rings. The average Bonchev–Trinajstić information content (AvgIpc) is 3.52. The molecule has 0 heterocycles. The van der Waals surface area contributed by atoms with E-state index in [-0.39, 0.29) is 28.4 Å². The molecule has 0 aliphatic heterocycles. The van der Waals surface area contributed by atoms with Crippen LogP contribution in [-0.4, -0.2) is 33.2 Å². The van der Waals surface area contributed by atoms with Crippen LogP contribution >= 0.6 is 0 Å². The Kier molecular flexibility index (Phi) is 6.42. The van der Waals surface area contributed by atoms with Gasteiger partial charge < -0.3 is 0 Å². The van der Waals surface area contributed by atoms with Crippen molar-refractivity contribution in [1.29, 1.82) is 0 Å². The van der Waals surface area contributed by atoms with Crippen LogP contribution in [-0.2, 0) is 26.6 Å². The third-order valence-electron chi connectivity index (χ3n) is 4.95. The zero-order valence-corrected chi connectivity index (χ0v) is 18.0. The third-order valence-corrected chi connectivity index (χ3v) is 8.47. The highest BCUT2D eigenvalue weighted by molar-refractivity contribution is 7.89. The maximum absolute atomic E-state index is 14.0. The van der Waals surface area contributed by atoms with Crippen LogP contribution in [0.15, 0.2) is 58.3 Å². The van der Waals surface area contributed by atoms with Crippen LogP contribution in [0.1, 0.15) is 38.7 Å². The normalized spacial score (nSPS) is 16.1. The van der Waals surface area contributed by atoms with Gasteiger partial charge in [-0.05, 0) is 56.5 Å². The number of nitrogens with one attached hydrogen (secondary N) is 1. The molecule has 158 valence electrons. The Morgan fingerprint density at radius 2 is 1.62 bits per heavy atom. The molecule has 0 amide bonds. The smallest absolute Gasteiger partial charge is 0.208 e. The van der Waals surface area contributed by atoms with E-state index in [9.17, 15) is 21.2 Å². The lowest BCUT2D eigenvalue weighted by molar-refractivity contribution is 0.391. The summed E-state index contributed by atoms with van der Waals surface area (Å²) in [6.45, 7) is 3.56. The SMILES string of the molecule is CCC(C)NS(=O)(=O)c1ccc(S(=O)(=O)N(Cc2ccccc2F)C2CC2)cc1. The van der Waals surface area contributed by atoms with E-state index in [0.717, 1.165) is 12.8 Å². The molecule has 29 heavy (non-hydrogen) atoms. The van der Waals surface area contributed by atoms with E-state index in [1.165, 1.54) is 34.6 Å². The number of hydrogen-bond acceptors (Lipinski definition) is 4. The summed E-state index contributed by atoms with van der Waals surface area (Å²) in [5.41, 5.74) is 0.305. The van der Waals surface area contributed by atoms with Gasteiger partial charge in [-0.3, -0.25) is 0 Å². The maximum Gasteiger partial charge on any atom is 0.243 e. The Labute approximate surface area is 171 Å². The predicted molar refractivity (Wildman–Crippen MR) is 109 cm³/mol. The van der Waals surface area contributed by atoms with Gasteiger partial charge >= 0.3 is 0 Å². The molecule has 1 fully saturated rings. The van der Waals surface area contributed by atoms with Crippen LogP contribution in [0.3, 0.4) is 0 Å². The molecule has 0 aromatic heterocycles. The van der Waals surface area contributed by atoms with Crippen molar-refractivity contribution in [3.63, 3.8) is 0 Å². The van der Waals surface area contributed by atoms with Gasteiger partial charge in [-0.25, -0.2) is 25.9 Å². The largest absolute Gasteiger partial charge is 0.243 e. The molecule has 1 aliphatic carbocycles. The molecular formula is C20H25FN2O4S2. The van der Waals surface area contributed by atoms with Crippen LogP contribution < -0.4 is 4.72 Å². The fraction of sp³-hybridized carbons (Fsp3) is 0.400. The lowest BCUT2D eigenvalue weighted by atomic mass is 10.2. The van der Waals surface area contributed by atoms with E-state index < -0.39 is 25.9 Å². The summed E-state index contributed by atoms with van der Waals surface area (Å²) in [6, 6.07) is 10.8. The van der Waals surface area contributed by atoms with Crippen molar-refractivity contribution in [2.24, 2.45) is 0 Å².